The Kier molecular flexibility index (Phi) is 9.39. The first-order valence-corrected chi connectivity index (χ1v) is 12.1. The summed E-state index contributed by atoms with van der Waals surface area (Å²) in [4.78, 5) is 0. The van der Waals surface area contributed by atoms with Crippen molar-refractivity contribution >= 4 is 30.1 Å². The van der Waals surface area contributed by atoms with Gasteiger partial charge in [-0.2, -0.15) is 5.26 Å². The zero-order valence-electron chi connectivity index (χ0n) is 16.3. The zero-order valence-corrected chi connectivity index (χ0v) is 18.8. The Labute approximate surface area is 157 Å². The molecule has 4 nitrogen and oxygen atoms in total. The predicted octanol–water partition coefficient (Wildman–Crippen LogP) is 5.85. The summed E-state index contributed by atoms with van der Waals surface area (Å²) >= 11 is 0. The van der Waals surface area contributed by atoms with Crippen LogP contribution in [-0.4, -0.2) is 39.5 Å². The molecule has 1 aliphatic rings. The molecule has 0 N–H and O–H groups in total. The fourth-order valence-electron chi connectivity index (χ4n) is 2.71. The molecule has 0 radical (unpaired) electrons. The Hall–Kier alpha value is 0.500. The van der Waals surface area contributed by atoms with Crippen LogP contribution in [0.15, 0.2) is 0 Å². The van der Waals surface area contributed by atoms with Crippen LogP contribution >= 0.6 is 30.1 Å². The lowest BCUT2D eigenvalue weighted by Gasteiger charge is -2.40. The van der Waals surface area contributed by atoms with Crippen LogP contribution in [0.1, 0.15) is 61.8 Å². The van der Waals surface area contributed by atoms with Crippen molar-refractivity contribution in [1.82, 2.24) is 4.67 Å². The van der Waals surface area contributed by atoms with E-state index in [9.17, 15) is 0 Å². The van der Waals surface area contributed by atoms with Gasteiger partial charge in [-0.1, -0.05) is 35.4 Å². The fraction of sp³-hybridized carbons (Fsp3) is 0.941. The van der Waals surface area contributed by atoms with Crippen LogP contribution in [-0.2, 0) is 9.05 Å². The van der Waals surface area contributed by atoms with Gasteiger partial charge in [0.2, 0.25) is 0 Å². The van der Waals surface area contributed by atoms with Gasteiger partial charge in [0, 0.05) is 22.1 Å². The first kappa shape index (κ1) is 22.5. The number of nitriles is 1. The second-order valence-corrected chi connectivity index (χ2v) is 12.0. The maximum atomic E-state index is 8.83. The topological polar surface area (TPSA) is 45.5 Å². The van der Waals surface area contributed by atoms with Crippen molar-refractivity contribution in [2.75, 3.05) is 6.61 Å². The molecule has 1 rings (SSSR count). The lowest BCUT2D eigenvalue weighted by Crippen LogP contribution is -2.42. The Balaban J connectivity index is 2.98. The van der Waals surface area contributed by atoms with Gasteiger partial charge in [0.05, 0.1) is 25.2 Å². The summed E-state index contributed by atoms with van der Waals surface area (Å²) in [6, 6.07) is 2.83. The van der Waals surface area contributed by atoms with E-state index in [4.69, 9.17) is 14.3 Å². The summed E-state index contributed by atoms with van der Waals surface area (Å²) < 4.78 is 15.1. The van der Waals surface area contributed by atoms with Crippen molar-refractivity contribution in [3.63, 3.8) is 0 Å². The van der Waals surface area contributed by atoms with Gasteiger partial charge in [0.25, 0.3) is 8.53 Å². The van der Waals surface area contributed by atoms with E-state index in [-0.39, 0.29) is 10.9 Å². The number of rotatable bonds is 9. The molecule has 1 fully saturated rings. The Morgan fingerprint density at radius 3 is 2.21 bits per heavy atom. The van der Waals surface area contributed by atoms with Crippen molar-refractivity contribution in [1.29, 1.82) is 5.26 Å². The fourth-order valence-corrected chi connectivity index (χ4v) is 8.54. The highest BCUT2D eigenvalue weighted by molar-refractivity contribution is 8.77. The third kappa shape index (κ3) is 6.04. The summed E-state index contributed by atoms with van der Waals surface area (Å²) in [5, 5.41) is 9.29. The third-order valence-electron chi connectivity index (χ3n) is 3.88. The summed E-state index contributed by atoms with van der Waals surface area (Å²) in [5.41, 5.74) is 0. The van der Waals surface area contributed by atoms with E-state index < -0.39 is 8.53 Å². The lowest BCUT2D eigenvalue weighted by molar-refractivity contribution is 0.107. The van der Waals surface area contributed by atoms with Crippen LogP contribution in [0, 0.1) is 17.2 Å². The normalized spacial score (nSPS) is 25.0. The smallest absolute Gasteiger partial charge is 0.259 e. The highest BCUT2D eigenvalue weighted by Crippen LogP contribution is 2.59. The van der Waals surface area contributed by atoms with E-state index in [1.54, 1.807) is 0 Å². The minimum absolute atomic E-state index is 0.0540. The Morgan fingerprint density at radius 2 is 1.75 bits per heavy atom. The van der Waals surface area contributed by atoms with E-state index in [1.165, 1.54) is 0 Å². The standard InChI is InChI=1S/C17H33N2O2PS2/c1-12(2)15-16(17(7,8)24-23-15)21-22(20-11-9-10-18)19(13(3)4)14(5)6/h12-16H,9,11H2,1-8H3/t15-,16+,22?/m1/s1. The van der Waals surface area contributed by atoms with Crippen LogP contribution in [0.2, 0.25) is 0 Å². The van der Waals surface area contributed by atoms with E-state index in [2.05, 4.69) is 66.1 Å². The van der Waals surface area contributed by atoms with Gasteiger partial charge in [-0.05, 0) is 47.5 Å². The van der Waals surface area contributed by atoms with Crippen molar-refractivity contribution in [3.05, 3.63) is 0 Å². The molecule has 0 amide bonds. The average Bonchev–Trinajstić information content (AvgIpc) is 2.73. The van der Waals surface area contributed by atoms with Gasteiger partial charge < -0.3 is 9.05 Å². The zero-order chi connectivity index (χ0) is 18.5. The van der Waals surface area contributed by atoms with Crippen LogP contribution in [0.5, 0.6) is 0 Å². The molecular weight excluding hydrogens is 359 g/mol. The summed E-state index contributed by atoms with van der Waals surface area (Å²) in [7, 11) is 2.68. The van der Waals surface area contributed by atoms with Crippen LogP contribution in [0.25, 0.3) is 0 Å². The maximum absolute atomic E-state index is 8.83. The van der Waals surface area contributed by atoms with Crippen LogP contribution < -0.4 is 0 Å². The number of hydrogen-bond acceptors (Lipinski definition) is 6. The third-order valence-corrected chi connectivity index (χ3v) is 10.0. The van der Waals surface area contributed by atoms with Crippen molar-refractivity contribution in [2.45, 2.75) is 90.0 Å². The van der Waals surface area contributed by atoms with Crippen molar-refractivity contribution in [3.8, 4) is 6.07 Å². The summed E-state index contributed by atoms with van der Waals surface area (Å²) in [6.45, 7) is 18.2. The molecule has 0 saturated carbocycles. The van der Waals surface area contributed by atoms with Crippen LogP contribution in [0.4, 0.5) is 0 Å². The van der Waals surface area contributed by atoms with Crippen molar-refractivity contribution in [2.24, 2.45) is 5.92 Å². The van der Waals surface area contributed by atoms with Crippen molar-refractivity contribution < 1.29 is 9.05 Å². The lowest BCUT2D eigenvalue weighted by atomic mass is 9.96. The highest BCUT2D eigenvalue weighted by Gasteiger charge is 2.48. The number of hydrogen-bond donors (Lipinski definition) is 0. The molecule has 0 spiro atoms. The molecule has 140 valence electrons. The largest absolute Gasteiger partial charge is 0.321 e. The van der Waals surface area contributed by atoms with E-state index in [0.717, 1.165) is 0 Å². The van der Waals surface area contributed by atoms with Gasteiger partial charge in [-0.25, -0.2) is 4.67 Å². The van der Waals surface area contributed by atoms with Crippen LogP contribution in [0.3, 0.4) is 0 Å². The average molecular weight is 393 g/mol. The molecule has 0 aliphatic carbocycles. The first-order chi connectivity index (χ1) is 11.1. The Morgan fingerprint density at radius 1 is 1.17 bits per heavy atom. The molecule has 0 aromatic heterocycles. The van der Waals surface area contributed by atoms with E-state index in [0.29, 0.717) is 36.3 Å². The molecule has 1 heterocycles. The quantitative estimate of drug-likeness (QED) is 0.279. The maximum Gasteiger partial charge on any atom is 0.259 e. The summed E-state index contributed by atoms with van der Waals surface area (Å²) in [6.07, 6.45) is 0.540. The molecule has 0 aromatic rings. The molecule has 1 aliphatic heterocycles. The summed E-state index contributed by atoms with van der Waals surface area (Å²) in [5.74, 6) is 0.553. The molecular formula is C17H33N2O2PS2. The van der Waals surface area contributed by atoms with Gasteiger partial charge in [0.15, 0.2) is 0 Å². The number of nitrogens with zero attached hydrogens (tertiary/aromatic N) is 2. The monoisotopic (exact) mass is 392 g/mol. The van der Waals surface area contributed by atoms with Gasteiger partial charge in [0.1, 0.15) is 0 Å². The van der Waals surface area contributed by atoms with E-state index in [1.807, 2.05) is 21.6 Å². The van der Waals surface area contributed by atoms with Gasteiger partial charge >= 0.3 is 0 Å². The molecule has 7 heteroatoms. The molecule has 0 bridgehead atoms. The molecule has 1 saturated heterocycles. The molecule has 3 atom stereocenters. The molecule has 0 aromatic carbocycles. The second-order valence-electron chi connectivity index (χ2n) is 7.56. The van der Waals surface area contributed by atoms with Gasteiger partial charge in [-0.15, -0.1) is 0 Å². The van der Waals surface area contributed by atoms with E-state index >= 15 is 0 Å². The Bertz CT molecular complexity index is 419. The first-order valence-electron chi connectivity index (χ1n) is 8.71. The molecule has 1 unspecified atom stereocenters. The second kappa shape index (κ2) is 10.00. The highest BCUT2D eigenvalue weighted by atomic mass is 33.1. The SMILES string of the molecule is CC(C)[C@H]1SSC(C)(C)[C@H]1OP(OCCC#N)N(C(C)C)C(C)C. The minimum Gasteiger partial charge on any atom is -0.321 e. The van der Waals surface area contributed by atoms with Gasteiger partial charge in [-0.3, -0.25) is 0 Å². The predicted molar refractivity (Wildman–Crippen MR) is 108 cm³/mol. The minimum atomic E-state index is -1.18. The molecule has 24 heavy (non-hydrogen) atoms.